The van der Waals surface area contributed by atoms with E-state index in [0.717, 1.165) is 16.8 Å². The van der Waals surface area contributed by atoms with Crippen LogP contribution in [-0.2, 0) is 13.1 Å². The first-order chi connectivity index (χ1) is 11.4. The van der Waals surface area contributed by atoms with Crippen molar-refractivity contribution in [2.75, 3.05) is 39.6 Å². The van der Waals surface area contributed by atoms with Crippen LogP contribution in [0.1, 0.15) is 28.6 Å². The molecule has 0 aliphatic rings. The van der Waals surface area contributed by atoms with Crippen molar-refractivity contribution in [2.45, 2.75) is 20.0 Å². The zero-order valence-electron chi connectivity index (χ0n) is 15.2. The Kier molecular flexibility index (Phi) is 6.04. The van der Waals surface area contributed by atoms with Crippen LogP contribution in [0.4, 0.5) is 5.69 Å². The van der Waals surface area contributed by atoms with Crippen LogP contribution in [0.2, 0.25) is 0 Å². The number of nitrogens with zero attached hydrogens (tertiary/aromatic N) is 3. The molecular formula is C19H27N3O2. The van der Waals surface area contributed by atoms with Gasteiger partial charge in [0.05, 0.1) is 6.26 Å². The predicted octanol–water partition coefficient (Wildman–Crippen LogP) is 3.07. The lowest BCUT2D eigenvalue weighted by Crippen LogP contribution is -2.31. The second-order valence-corrected chi connectivity index (χ2v) is 6.39. The van der Waals surface area contributed by atoms with Gasteiger partial charge in [-0.05, 0) is 44.8 Å². The molecule has 0 spiro atoms. The van der Waals surface area contributed by atoms with Crippen LogP contribution in [0.3, 0.4) is 0 Å². The van der Waals surface area contributed by atoms with Gasteiger partial charge in [0.25, 0.3) is 5.91 Å². The molecule has 0 atom stereocenters. The third-order valence-electron chi connectivity index (χ3n) is 3.92. The van der Waals surface area contributed by atoms with Gasteiger partial charge in [-0.25, -0.2) is 0 Å². The van der Waals surface area contributed by atoms with Gasteiger partial charge in [-0.2, -0.15) is 0 Å². The van der Waals surface area contributed by atoms with E-state index < -0.39 is 0 Å². The van der Waals surface area contributed by atoms with Crippen LogP contribution in [0, 0.1) is 0 Å². The van der Waals surface area contributed by atoms with Gasteiger partial charge in [0.15, 0.2) is 5.76 Å². The zero-order valence-corrected chi connectivity index (χ0v) is 15.2. The van der Waals surface area contributed by atoms with Crippen LogP contribution < -0.4 is 4.90 Å². The van der Waals surface area contributed by atoms with Crippen LogP contribution in [-0.4, -0.2) is 50.4 Å². The molecule has 0 N–H and O–H groups in total. The van der Waals surface area contributed by atoms with Gasteiger partial charge in [0.1, 0.15) is 0 Å². The van der Waals surface area contributed by atoms with Crippen molar-refractivity contribution in [1.82, 2.24) is 9.80 Å². The van der Waals surface area contributed by atoms with Crippen LogP contribution in [0.25, 0.3) is 0 Å². The molecule has 2 rings (SSSR count). The zero-order chi connectivity index (χ0) is 17.7. The Labute approximate surface area is 144 Å². The monoisotopic (exact) mass is 329 g/mol. The minimum Gasteiger partial charge on any atom is -0.459 e. The minimum absolute atomic E-state index is 0.0592. The molecule has 24 heavy (non-hydrogen) atoms. The molecule has 0 fully saturated rings. The summed E-state index contributed by atoms with van der Waals surface area (Å²) in [5.74, 6) is 0.381. The summed E-state index contributed by atoms with van der Waals surface area (Å²) in [7, 11) is 7.98. The molecule has 1 aromatic carbocycles. The fourth-order valence-corrected chi connectivity index (χ4v) is 2.58. The molecule has 0 radical (unpaired) electrons. The number of anilines is 1. The third kappa shape index (κ3) is 4.38. The number of amides is 1. The molecule has 1 amide bonds. The van der Waals surface area contributed by atoms with E-state index in [2.05, 4.69) is 29.2 Å². The molecule has 0 bridgehead atoms. The summed E-state index contributed by atoms with van der Waals surface area (Å²) < 4.78 is 5.47. The molecule has 5 heteroatoms. The highest BCUT2D eigenvalue weighted by molar-refractivity contribution is 5.92. The Bertz CT molecular complexity index is 660. The highest BCUT2D eigenvalue weighted by atomic mass is 16.3. The van der Waals surface area contributed by atoms with Crippen molar-refractivity contribution in [3.63, 3.8) is 0 Å². The van der Waals surface area contributed by atoms with Gasteiger partial charge in [-0.1, -0.05) is 12.1 Å². The molecule has 1 aromatic heterocycles. The summed E-state index contributed by atoms with van der Waals surface area (Å²) >= 11 is 0. The van der Waals surface area contributed by atoms with E-state index in [0.29, 0.717) is 25.4 Å². The molecule has 0 saturated heterocycles. The standard InChI is InChI=1S/C19H27N3O2/c1-6-22(13-15-7-9-17(10-8-15)21(4)5)19(23)18-16(11-12-24-18)14-20(2)3/h7-12H,6,13-14H2,1-5H3. The first-order valence-corrected chi connectivity index (χ1v) is 8.19. The van der Waals surface area contributed by atoms with Crippen molar-refractivity contribution in [3.05, 3.63) is 53.5 Å². The molecule has 5 nitrogen and oxygen atoms in total. The molecule has 1 heterocycles. The first-order valence-electron chi connectivity index (χ1n) is 8.19. The van der Waals surface area contributed by atoms with Gasteiger partial charge in [-0.15, -0.1) is 0 Å². The predicted molar refractivity (Wildman–Crippen MR) is 97.3 cm³/mol. The Balaban J connectivity index is 2.13. The molecule has 130 valence electrons. The maximum absolute atomic E-state index is 12.8. The lowest BCUT2D eigenvalue weighted by Gasteiger charge is -2.21. The second kappa shape index (κ2) is 8.02. The van der Waals surface area contributed by atoms with Crippen molar-refractivity contribution in [1.29, 1.82) is 0 Å². The van der Waals surface area contributed by atoms with Crippen molar-refractivity contribution in [3.8, 4) is 0 Å². The minimum atomic E-state index is -0.0592. The molecule has 0 unspecified atom stereocenters. The van der Waals surface area contributed by atoms with Crippen LogP contribution in [0.15, 0.2) is 41.0 Å². The summed E-state index contributed by atoms with van der Waals surface area (Å²) in [6.45, 7) is 3.88. The Morgan fingerprint density at radius 1 is 1.00 bits per heavy atom. The Hall–Kier alpha value is -2.27. The van der Waals surface area contributed by atoms with Gasteiger partial charge in [-0.3, -0.25) is 4.79 Å². The number of carbonyl (C=O) groups excluding carboxylic acids is 1. The Morgan fingerprint density at radius 2 is 1.67 bits per heavy atom. The largest absolute Gasteiger partial charge is 0.459 e. The summed E-state index contributed by atoms with van der Waals surface area (Å²) in [4.78, 5) is 18.7. The second-order valence-electron chi connectivity index (χ2n) is 6.39. The molecule has 2 aromatic rings. The van der Waals surface area contributed by atoms with E-state index in [1.165, 1.54) is 0 Å². The lowest BCUT2D eigenvalue weighted by atomic mass is 10.1. The quantitative estimate of drug-likeness (QED) is 0.783. The molecule has 0 aliphatic carbocycles. The number of furan rings is 1. The number of hydrogen-bond donors (Lipinski definition) is 0. The van der Waals surface area contributed by atoms with Crippen molar-refractivity contribution >= 4 is 11.6 Å². The highest BCUT2D eigenvalue weighted by Gasteiger charge is 2.21. The van der Waals surface area contributed by atoms with E-state index in [1.54, 1.807) is 6.26 Å². The van der Waals surface area contributed by atoms with E-state index in [4.69, 9.17) is 4.42 Å². The van der Waals surface area contributed by atoms with Gasteiger partial charge in [0, 0.05) is 45.0 Å². The van der Waals surface area contributed by atoms with Gasteiger partial charge < -0.3 is 19.1 Å². The maximum atomic E-state index is 12.8. The van der Waals surface area contributed by atoms with E-state index in [9.17, 15) is 4.79 Å². The number of hydrogen-bond acceptors (Lipinski definition) is 4. The van der Waals surface area contributed by atoms with Crippen LogP contribution >= 0.6 is 0 Å². The van der Waals surface area contributed by atoms with Gasteiger partial charge >= 0.3 is 0 Å². The van der Waals surface area contributed by atoms with E-state index >= 15 is 0 Å². The summed E-state index contributed by atoms with van der Waals surface area (Å²) in [6, 6.07) is 10.1. The first kappa shape index (κ1) is 18.1. The molecule has 0 aliphatic heterocycles. The number of benzene rings is 1. The lowest BCUT2D eigenvalue weighted by molar-refractivity contribution is 0.0718. The average Bonchev–Trinajstić information content (AvgIpc) is 2.99. The fraction of sp³-hybridized carbons (Fsp3) is 0.421. The fourth-order valence-electron chi connectivity index (χ4n) is 2.58. The topological polar surface area (TPSA) is 39.9 Å². The smallest absolute Gasteiger partial charge is 0.290 e. The van der Waals surface area contributed by atoms with E-state index in [1.807, 2.05) is 51.0 Å². The van der Waals surface area contributed by atoms with Gasteiger partial charge in [0.2, 0.25) is 0 Å². The van der Waals surface area contributed by atoms with Crippen LogP contribution in [0.5, 0.6) is 0 Å². The highest BCUT2D eigenvalue weighted by Crippen LogP contribution is 2.18. The van der Waals surface area contributed by atoms with Crippen molar-refractivity contribution < 1.29 is 9.21 Å². The average molecular weight is 329 g/mol. The molecular weight excluding hydrogens is 302 g/mol. The third-order valence-corrected chi connectivity index (χ3v) is 3.92. The van der Waals surface area contributed by atoms with E-state index in [-0.39, 0.29) is 5.91 Å². The van der Waals surface area contributed by atoms with Crippen molar-refractivity contribution in [2.24, 2.45) is 0 Å². The SMILES string of the molecule is CCN(Cc1ccc(N(C)C)cc1)C(=O)c1occc1CN(C)C. The summed E-state index contributed by atoms with van der Waals surface area (Å²) in [5, 5.41) is 0. The number of rotatable bonds is 7. The molecule has 0 saturated carbocycles. The summed E-state index contributed by atoms with van der Waals surface area (Å²) in [6.07, 6.45) is 1.59. The normalized spacial score (nSPS) is 10.9. The summed E-state index contributed by atoms with van der Waals surface area (Å²) in [5.41, 5.74) is 3.18. The Morgan fingerprint density at radius 3 is 2.21 bits per heavy atom. The maximum Gasteiger partial charge on any atom is 0.290 e. The number of carbonyl (C=O) groups is 1.